The molecule has 4 nitrogen and oxygen atoms in total. The predicted molar refractivity (Wildman–Crippen MR) is 171 cm³/mol. The van der Waals surface area contributed by atoms with Crippen molar-refractivity contribution in [1.29, 1.82) is 5.26 Å². The van der Waals surface area contributed by atoms with Crippen molar-refractivity contribution in [3.63, 3.8) is 0 Å². The quantitative estimate of drug-likeness (QED) is 0.402. The molecule has 0 bridgehead atoms. The summed E-state index contributed by atoms with van der Waals surface area (Å²) in [7, 11) is 0. The number of nitriles is 1. The lowest BCUT2D eigenvalue weighted by Gasteiger charge is -2.27. The summed E-state index contributed by atoms with van der Waals surface area (Å²) in [5, 5.41) is 23.6. The molecule has 6 rings (SSSR count). The van der Waals surface area contributed by atoms with Crippen LogP contribution in [0.5, 0.6) is 0 Å². The first kappa shape index (κ1) is 27.7. The number of nitrogens with one attached hydrogen (secondary N) is 1. The fourth-order valence-corrected chi connectivity index (χ4v) is 7.54. The molecule has 2 atom stereocenters. The highest BCUT2D eigenvalue weighted by molar-refractivity contribution is 5.97. The standard InChI is InChI=1S/C37H43N3O/c1-25-16-17-39-37-34(22-38)32(29-12-6-5-10-27(24-41)11-7-13-29)21-33(36(25)37)30-14-15-31-19-28(23-40-35(31)20-30)18-26-8-3-2-4-9-26/h14-18,20-21,23,26-27,29,39,41H,1-13,19,24H2/b28-18-. The number of aliphatic hydroxyl groups is 1. The van der Waals surface area contributed by atoms with Crippen LogP contribution in [0.4, 0.5) is 11.4 Å². The van der Waals surface area contributed by atoms with Gasteiger partial charge in [0.1, 0.15) is 6.07 Å². The van der Waals surface area contributed by atoms with Gasteiger partial charge in [0.15, 0.2) is 0 Å². The molecule has 2 aliphatic carbocycles. The van der Waals surface area contributed by atoms with E-state index < -0.39 is 0 Å². The van der Waals surface area contributed by atoms with Crippen molar-refractivity contribution in [3.8, 4) is 17.2 Å². The fraction of sp³-hybridized carbons (Fsp3) is 0.459. The van der Waals surface area contributed by atoms with E-state index in [1.165, 1.54) is 43.2 Å². The molecule has 2 fully saturated rings. The van der Waals surface area contributed by atoms with Gasteiger partial charge >= 0.3 is 0 Å². The van der Waals surface area contributed by atoms with E-state index in [1.54, 1.807) is 0 Å². The van der Waals surface area contributed by atoms with Crippen molar-refractivity contribution >= 4 is 23.2 Å². The van der Waals surface area contributed by atoms with Crippen molar-refractivity contribution < 1.29 is 5.11 Å². The number of allylic oxidation sites excluding steroid dienone is 4. The molecule has 2 saturated carbocycles. The van der Waals surface area contributed by atoms with Crippen LogP contribution in [0.3, 0.4) is 0 Å². The minimum Gasteiger partial charge on any atom is -0.396 e. The Kier molecular flexibility index (Phi) is 8.54. The van der Waals surface area contributed by atoms with Crippen LogP contribution in [0, 0.1) is 23.2 Å². The molecule has 0 spiro atoms. The van der Waals surface area contributed by atoms with Crippen LogP contribution in [0.25, 0.3) is 16.7 Å². The van der Waals surface area contributed by atoms with Crippen LogP contribution in [0.1, 0.15) is 105 Å². The Bertz CT molecular complexity index is 1430. The van der Waals surface area contributed by atoms with Gasteiger partial charge in [0.25, 0.3) is 0 Å². The lowest BCUT2D eigenvalue weighted by molar-refractivity contribution is 0.207. The lowest BCUT2D eigenvalue weighted by atomic mass is 9.80. The number of benzene rings is 2. The van der Waals surface area contributed by atoms with Gasteiger partial charge in [-0.15, -0.1) is 0 Å². The van der Waals surface area contributed by atoms with Crippen molar-refractivity contribution in [2.45, 2.75) is 89.4 Å². The van der Waals surface area contributed by atoms with Gasteiger partial charge in [0.2, 0.25) is 0 Å². The van der Waals surface area contributed by atoms with Gasteiger partial charge in [-0.1, -0.05) is 63.3 Å². The van der Waals surface area contributed by atoms with E-state index in [-0.39, 0.29) is 6.61 Å². The third-order valence-corrected chi connectivity index (χ3v) is 9.84. The average molecular weight is 546 g/mol. The molecule has 41 heavy (non-hydrogen) atoms. The summed E-state index contributed by atoms with van der Waals surface area (Å²) in [5.74, 6) is 1.44. The largest absolute Gasteiger partial charge is 0.396 e. The summed E-state index contributed by atoms with van der Waals surface area (Å²) < 4.78 is 0. The van der Waals surface area contributed by atoms with E-state index in [2.05, 4.69) is 54.5 Å². The number of nitrogens with zero attached hydrogens (tertiary/aromatic N) is 2. The van der Waals surface area contributed by atoms with E-state index in [0.29, 0.717) is 17.8 Å². The first-order valence-electron chi connectivity index (χ1n) is 15.9. The van der Waals surface area contributed by atoms with Gasteiger partial charge in [-0.2, -0.15) is 5.26 Å². The molecule has 2 aliphatic heterocycles. The maximum Gasteiger partial charge on any atom is 0.102 e. The van der Waals surface area contributed by atoms with Crippen molar-refractivity contribution in [2.75, 3.05) is 11.9 Å². The highest BCUT2D eigenvalue weighted by atomic mass is 16.3. The summed E-state index contributed by atoms with van der Waals surface area (Å²) in [5.41, 5.74) is 10.7. The van der Waals surface area contributed by atoms with E-state index in [0.717, 1.165) is 96.1 Å². The molecule has 2 heterocycles. The SMILES string of the molecule is C=C1C=CNc2c(C#N)c(C3CCCCC(CO)CCC3)cc(-c3ccc4c(c3)N=C/C(=C\C3CCCCC3)C4)c21. The molecule has 2 unspecified atom stereocenters. The Morgan fingerprint density at radius 2 is 1.78 bits per heavy atom. The third-order valence-electron chi connectivity index (χ3n) is 9.84. The number of fused-ring (bicyclic) bond motifs is 2. The number of anilines is 1. The highest BCUT2D eigenvalue weighted by Crippen LogP contribution is 2.46. The molecule has 2 aromatic rings. The van der Waals surface area contributed by atoms with Crippen molar-refractivity contribution in [2.24, 2.45) is 16.8 Å². The minimum absolute atomic E-state index is 0.286. The zero-order chi connectivity index (χ0) is 28.2. The molecule has 0 saturated heterocycles. The molecule has 0 amide bonds. The maximum absolute atomic E-state index is 10.4. The number of aliphatic imine (C=N–C) groups is 1. The molecule has 4 heteroatoms. The van der Waals surface area contributed by atoms with Gasteiger partial charge in [-0.25, -0.2) is 0 Å². The summed E-state index contributed by atoms with van der Waals surface area (Å²) in [4.78, 5) is 4.93. The van der Waals surface area contributed by atoms with E-state index >= 15 is 0 Å². The van der Waals surface area contributed by atoms with Crippen LogP contribution in [0.2, 0.25) is 0 Å². The summed E-state index contributed by atoms with van der Waals surface area (Å²) >= 11 is 0. The van der Waals surface area contributed by atoms with Gasteiger partial charge in [-0.3, -0.25) is 4.99 Å². The first-order valence-corrected chi connectivity index (χ1v) is 15.9. The van der Waals surface area contributed by atoms with E-state index in [9.17, 15) is 10.4 Å². The fourth-order valence-electron chi connectivity index (χ4n) is 7.54. The smallest absolute Gasteiger partial charge is 0.102 e. The van der Waals surface area contributed by atoms with Crippen molar-refractivity contribution in [1.82, 2.24) is 0 Å². The molecule has 2 N–H and O–H groups in total. The van der Waals surface area contributed by atoms with Crippen LogP contribution in [-0.4, -0.2) is 17.9 Å². The average Bonchev–Trinajstić information content (AvgIpc) is 3.13. The molecule has 212 valence electrons. The molecule has 2 aromatic carbocycles. The van der Waals surface area contributed by atoms with Crippen LogP contribution >= 0.6 is 0 Å². The minimum atomic E-state index is 0.286. The zero-order valence-corrected chi connectivity index (χ0v) is 24.3. The Hall–Kier alpha value is -3.42. The Labute approximate surface area is 245 Å². The molecular weight excluding hydrogens is 502 g/mol. The Balaban J connectivity index is 1.37. The zero-order valence-electron chi connectivity index (χ0n) is 24.3. The second-order valence-electron chi connectivity index (χ2n) is 12.6. The number of hydrogen-bond acceptors (Lipinski definition) is 4. The molecular formula is C37H43N3O. The molecule has 0 aromatic heterocycles. The topological polar surface area (TPSA) is 68.4 Å². The molecule has 4 aliphatic rings. The number of hydrogen-bond donors (Lipinski definition) is 2. The second kappa shape index (κ2) is 12.6. The first-order chi connectivity index (χ1) is 20.1. The number of aliphatic hydroxyl groups excluding tert-OH is 1. The van der Waals surface area contributed by atoms with E-state index in [1.807, 2.05) is 12.3 Å². The summed E-state index contributed by atoms with van der Waals surface area (Å²) in [6.07, 6.45) is 23.7. The van der Waals surface area contributed by atoms with Gasteiger partial charge in [0, 0.05) is 31.0 Å². The van der Waals surface area contributed by atoms with Gasteiger partial charge < -0.3 is 10.4 Å². The van der Waals surface area contributed by atoms with Gasteiger partial charge in [-0.05, 0) is 108 Å². The maximum atomic E-state index is 10.4. The van der Waals surface area contributed by atoms with Crippen molar-refractivity contribution in [3.05, 3.63) is 77.0 Å². The Morgan fingerprint density at radius 1 is 1.00 bits per heavy atom. The summed E-state index contributed by atoms with van der Waals surface area (Å²) in [6.45, 7) is 4.66. The summed E-state index contributed by atoms with van der Waals surface area (Å²) in [6, 6.07) is 11.6. The number of rotatable bonds is 4. The van der Waals surface area contributed by atoms with Gasteiger partial charge in [0.05, 0.1) is 16.9 Å². The van der Waals surface area contributed by atoms with Crippen LogP contribution in [-0.2, 0) is 6.42 Å². The highest BCUT2D eigenvalue weighted by Gasteiger charge is 2.27. The monoisotopic (exact) mass is 545 g/mol. The van der Waals surface area contributed by atoms with Crippen LogP contribution in [0.15, 0.2) is 59.8 Å². The second-order valence-corrected chi connectivity index (χ2v) is 12.6. The van der Waals surface area contributed by atoms with E-state index in [4.69, 9.17) is 4.99 Å². The normalized spacial score (nSPS) is 24.0. The lowest BCUT2D eigenvalue weighted by Crippen LogP contribution is -2.10. The Morgan fingerprint density at radius 3 is 2.61 bits per heavy atom. The third kappa shape index (κ3) is 5.97. The predicted octanol–water partition coefficient (Wildman–Crippen LogP) is 9.38. The molecule has 0 radical (unpaired) electrons. The van der Waals surface area contributed by atoms with Crippen LogP contribution < -0.4 is 5.32 Å².